The second-order valence-corrected chi connectivity index (χ2v) is 7.31. The Morgan fingerprint density at radius 2 is 2.29 bits per heavy atom. The minimum Gasteiger partial charge on any atom is -0.492 e. The summed E-state index contributed by atoms with van der Waals surface area (Å²) >= 11 is 6.00. The van der Waals surface area contributed by atoms with Crippen LogP contribution in [-0.4, -0.2) is 57.4 Å². The highest BCUT2D eigenvalue weighted by molar-refractivity contribution is 6.30. The highest BCUT2D eigenvalue weighted by Crippen LogP contribution is 2.17. The topological polar surface area (TPSA) is 59.2 Å². The molecule has 28 heavy (non-hydrogen) atoms. The molecule has 0 radical (unpaired) electrons. The van der Waals surface area contributed by atoms with Gasteiger partial charge in [-0.1, -0.05) is 17.7 Å². The molecular weight excluding hydrogens is 378 g/mol. The number of guanidine groups is 1. The average molecular weight is 406 g/mol. The summed E-state index contributed by atoms with van der Waals surface area (Å²) in [7, 11) is 2.02. The zero-order chi connectivity index (χ0) is 19.6. The number of rotatable bonds is 9. The van der Waals surface area contributed by atoms with E-state index < -0.39 is 0 Å². The monoisotopic (exact) mass is 405 g/mol. The Labute approximate surface area is 171 Å². The van der Waals surface area contributed by atoms with Crippen LogP contribution in [0.5, 0.6) is 5.75 Å². The van der Waals surface area contributed by atoms with Gasteiger partial charge in [-0.05, 0) is 36.8 Å². The number of nitrogens with zero attached hydrogens (tertiary/aromatic N) is 2. The normalized spacial score (nSPS) is 16.9. The molecule has 1 fully saturated rings. The van der Waals surface area contributed by atoms with Crippen molar-refractivity contribution in [3.05, 3.63) is 53.4 Å². The molecule has 7 heteroatoms. The molecule has 1 aromatic heterocycles. The summed E-state index contributed by atoms with van der Waals surface area (Å²) in [6.45, 7) is 4.41. The molecule has 6 nitrogen and oxygen atoms in total. The number of likely N-dealkylation sites (N-methyl/N-ethyl adjacent to an activating group) is 1. The third-order valence-electron chi connectivity index (χ3n) is 4.61. The van der Waals surface area contributed by atoms with Crippen LogP contribution < -0.4 is 10.1 Å². The van der Waals surface area contributed by atoms with Gasteiger partial charge in [0, 0.05) is 44.1 Å². The van der Waals surface area contributed by atoms with Crippen molar-refractivity contribution in [3.63, 3.8) is 0 Å². The van der Waals surface area contributed by atoms with Crippen molar-refractivity contribution < 1.29 is 13.9 Å². The number of aliphatic imine (C=N–C) groups is 1. The molecular formula is C21H28ClN3O3. The molecule has 1 saturated heterocycles. The van der Waals surface area contributed by atoms with Gasteiger partial charge in [-0.25, -0.2) is 0 Å². The molecule has 152 valence electrons. The van der Waals surface area contributed by atoms with E-state index in [1.165, 1.54) is 0 Å². The van der Waals surface area contributed by atoms with Crippen LogP contribution in [0.2, 0.25) is 5.02 Å². The van der Waals surface area contributed by atoms with Crippen LogP contribution in [0.25, 0.3) is 0 Å². The van der Waals surface area contributed by atoms with E-state index in [4.69, 9.17) is 30.5 Å². The van der Waals surface area contributed by atoms with Gasteiger partial charge in [0.15, 0.2) is 5.96 Å². The molecule has 0 bridgehead atoms. The van der Waals surface area contributed by atoms with E-state index in [9.17, 15) is 0 Å². The summed E-state index contributed by atoms with van der Waals surface area (Å²) in [6.07, 6.45) is 3.58. The summed E-state index contributed by atoms with van der Waals surface area (Å²) < 4.78 is 16.7. The van der Waals surface area contributed by atoms with E-state index in [0.717, 1.165) is 56.6 Å². The summed E-state index contributed by atoms with van der Waals surface area (Å²) in [6, 6.07) is 11.3. The second-order valence-electron chi connectivity index (χ2n) is 6.88. The van der Waals surface area contributed by atoms with E-state index >= 15 is 0 Å². The predicted octanol–water partition coefficient (Wildman–Crippen LogP) is 3.47. The van der Waals surface area contributed by atoms with Crippen molar-refractivity contribution in [2.24, 2.45) is 10.9 Å². The van der Waals surface area contributed by atoms with Gasteiger partial charge in [0.2, 0.25) is 0 Å². The van der Waals surface area contributed by atoms with Crippen molar-refractivity contribution in [1.29, 1.82) is 0 Å². The third-order valence-corrected chi connectivity index (χ3v) is 4.85. The van der Waals surface area contributed by atoms with Crippen LogP contribution in [0.4, 0.5) is 0 Å². The van der Waals surface area contributed by atoms with E-state index in [1.807, 2.05) is 43.4 Å². The quantitative estimate of drug-likeness (QED) is 0.511. The Morgan fingerprint density at radius 3 is 3.04 bits per heavy atom. The van der Waals surface area contributed by atoms with E-state index in [0.29, 0.717) is 24.1 Å². The van der Waals surface area contributed by atoms with Gasteiger partial charge in [-0.3, -0.25) is 4.99 Å². The number of ether oxygens (including phenoxy) is 2. The standard InChI is InChI=1S/C21H28ClN3O3/c1-25(10-13-28-20-5-2-4-18(22)14-20)21(24-15-17-8-12-26-16-17)23-9-7-19-6-3-11-27-19/h2-6,11,14,17H,7-10,12-13,15-16H2,1H3,(H,23,24). The van der Waals surface area contributed by atoms with Gasteiger partial charge < -0.3 is 24.1 Å². The molecule has 1 aliphatic rings. The predicted molar refractivity (Wildman–Crippen MR) is 111 cm³/mol. The average Bonchev–Trinajstić information content (AvgIpc) is 3.38. The fourth-order valence-electron chi connectivity index (χ4n) is 2.97. The molecule has 2 aromatic rings. The smallest absolute Gasteiger partial charge is 0.193 e. The lowest BCUT2D eigenvalue weighted by atomic mass is 10.1. The first-order chi connectivity index (χ1) is 13.7. The van der Waals surface area contributed by atoms with Crippen LogP contribution in [0.1, 0.15) is 12.2 Å². The molecule has 3 rings (SSSR count). The number of furan rings is 1. The first-order valence-electron chi connectivity index (χ1n) is 9.68. The van der Waals surface area contributed by atoms with Crippen molar-refractivity contribution in [2.45, 2.75) is 12.8 Å². The molecule has 1 atom stereocenters. The maximum absolute atomic E-state index is 6.00. The van der Waals surface area contributed by atoms with E-state index in [1.54, 1.807) is 6.26 Å². The number of benzene rings is 1. The number of halogens is 1. The van der Waals surface area contributed by atoms with E-state index in [-0.39, 0.29) is 0 Å². The largest absolute Gasteiger partial charge is 0.492 e. The highest BCUT2D eigenvalue weighted by atomic mass is 35.5. The summed E-state index contributed by atoms with van der Waals surface area (Å²) in [5.41, 5.74) is 0. The molecule has 1 N–H and O–H groups in total. The minimum absolute atomic E-state index is 0.498. The molecule has 1 unspecified atom stereocenters. The van der Waals surface area contributed by atoms with Gasteiger partial charge in [-0.15, -0.1) is 0 Å². The van der Waals surface area contributed by atoms with Gasteiger partial charge in [0.1, 0.15) is 18.1 Å². The van der Waals surface area contributed by atoms with Crippen LogP contribution in [0.3, 0.4) is 0 Å². The Morgan fingerprint density at radius 1 is 1.36 bits per heavy atom. The van der Waals surface area contributed by atoms with Crippen molar-refractivity contribution >= 4 is 17.6 Å². The lowest BCUT2D eigenvalue weighted by Crippen LogP contribution is -2.42. The van der Waals surface area contributed by atoms with Crippen molar-refractivity contribution in [3.8, 4) is 5.75 Å². The second kappa shape index (κ2) is 11.0. The van der Waals surface area contributed by atoms with Gasteiger partial charge >= 0.3 is 0 Å². The Balaban J connectivity index is 1.50. The Kier molecular flexibility index (Phi) is 8.06. The lowest BCUT2D eigenvalue weighted by Gasteiger charge is -2.23. The molecule has 0 saturated carbocycles. The molecule has 2 heterocycles. The highest BCUT2D eigenvalue weighted by Gasteiger charge is 2.16. The third kappa shape index (κ3) is 6.77. The molecule has 0 spiro atoms. The minimum atomic E-state index is 0.498. The first kappa shape index (κ1) is 20.6. The molecule has 0 amide bonds. The zero-order valence-electron chi connectivity index (χ0n) is 16.3. The molecule has 1 aromatic carbocycles. The van der Waals surface area contributed by atoms with Crippen LogP contribution >= 0.6 is 11.6 Å². The maximum atomic E-state index is 6.00. The fraction of sp³-hybridized carbons (Fsp3) is 0.476. The fourth-order valence-corrected chi connectivity index (χ4v) is 3.15. The number of hydrogen-bond donors (Lipinski definition) is 1. The van der Waals surface area contributed by atoms with Crippen LogP contribution in [0.15, 0.2) is 52.1 Å². The lowest BCUT2D eigenvalue weighted by molar-refractivity contribution is 0.187. The van der Waals surface area contributed by atoms with E-state index in [2.05, 4.69) is 10.2 Å². The van der Waals surface area contributed by atoms with Gasteiger partial charge in [0.25, 0.3) is 0 Å². The van der Waals surface area contributed by atoms with Crippen molar-refractivity contribution in [2.75, 3.05) is 46.5 Å². The van der Waals surface area contributed by atoms with Gasteiger partial charge in [-0.2, -0.15) is 0 Å². The molecule has 1 aliphatic heterocycles. The van der Waals surface area contributed by atoms with Crippen LogP contribution in [0, 0.1) is 5.92 Å². The SMILES string of the molecule is CN(CCOc1cccc(Cl)c1)C(=NCC1CCOC1)NCCc1ccco1. The summed E-state index contributed by atoms with van der Waals surface area (Å²) in [4.78, 5) is 6.89. The Bertz CT molecular complexity index is 730. The first-order valence-corrected chi connectivity index (χ1v) is 10.1. The maximum Gasteiger partial charge on any atom is 0.193 e. The summed E-state index contributed by atoms with van der Waals surface area (Å²) in [5, 5.41) is 4.11. The van der Waals surface area contributed by atoms with Gasteiger partial charge in [0.05, 0.1) is 19.4 Å². The number of hydrogen-bond acceptors (Lipinski definition) is 4. The van der Waals surface area contributed by atoms with Crippen molar-refractivity contribution in [1.82, 2.24) is 10.2 Å². The Hall–Kier alpha value is -2.18. The summed E-state index contributed by atoms with van der Waals surface area (Å²) in [5.74, 6) is 3.10. The van der Waals surface area contributed by atoms with Crippen LogP contribution in [-0.2, 0) is 11.2 Å². The molecule has 0 aliphatic carbocycles. The number of nitrogens with one attached hydrogen (secondary N) is 1. The zero-order valence-corrected chi connectivity index (χ0v) is 17.0.